The third-order valence-corrected chi connectivity index (χ3v) is 3.81. The molecule has 0 spiro atoms. The summed E-state index contributed by atoms with van der Waals surface area (Å²) in [6.45, 7) is 6.55. The van der Waals surface area contributed by atoms with Crippen molar-refractivity contribution in [1.29, 1.82) is 0 Å². The van der Waals surface area contributed by atoms with Crippen molar-refractivity contribution in [2.45, 2.75) is 25.8 Å². The summed E-state index contributed by atoms with van der Waals surface area (Å²) in [5.74, 6) is 0. The number of likely N-dealkylation sites (N-methyl/N-ethyl adjacent to an activating group) is 1. The third-order valence-electron chi connectivity index (χ3n) is 3.46. The molecule has 1 rings (SSSR count). The smallest absolute Gasteiger partial charge is 0.0453 e. The second-order valence-electron chi connectivity index (χ2n) is 5.56. The zero-order chi connectivity index (χ0) is 15.0. The molecule has 0 fully saturated rings. The normalized spacial score (nSPS) is 13.2. The van der Waals surface area contributed by atoms with E-state index in [0.717, 1.165) is 43.2 Å². The average Bonchev–Trinajstić information content (AvgIpc) is 2.42. The van der Waals surface area contributed by atoms with Crippen molar-refractivity contribution in [3.05, 3.63) is 34.9 Å². The van der Waals surface area contributed by atoms with E-state index in [1.165, 1.54) is 6.42 Å². The fourth-order valence-electron chi connectivity index (χ4n) is 2.25. The van der Waals surface area contributed by atoms with Crippen molar-refractivity contribution >= 4 is 11.6 Å². The van der Waals surface area contributed by atoms with E-state index in [2.05, 4.69) is 30.8 Å². The standard InChI is InChI=1S/C16H28ClN3/c1-4-10-20(13-12-19(2)3)11-9-16(18)14-7-5-6-8-15(14)17/h5-8,16H,4,9-13,18H2,1-3H3. The maximum Gasteiger partial charge on any atom is 0.0453 e. The summed E-state index contributed by atoms with van der Waals surface area (Å²) < 4.78 is 0. The summed E-state index contributed by atoms with van der Waals surface area (Å²) >= 11 is 6.20. The lowest BCUT2D eigenvalue weighted by molar-refractivity contribution is 0.234. The first-order chi connectivity index (χ1) is 9.54. The molecule has 0 saturated heterocycles. The quantitative estimate of drug-likeness (QED) is 0.760. The van der Waals surface area contributed by atoms with E-state index in [4.69, 9.17) is 17.3 Å². The van der Waals surface area contributed by atoms with Crippen molar-refractivity contribution in [1.82, 2.24) is 9.80 Å². The molecule has 1 atom stereocenters. The maximum atomic E-state index is 6.27. The molecule has 0 aromatic heterocycles. The number of nitrogens with two attached hydrogens (primary N) is 1. The van der Waals surface area contributed by atoms with Crippen molar-refractivity contribution in [2.75, 3.05) is 40.3 Å². The van der Waals surface area contributed by atoms with Crippen LogP contribution in [0.2, 0.25) is 5.02 Å². The van der Waals surface area contributed by atoms with Gasteiger partial charge in [0.25, 0.3) is 0 Å². The molecule has 0 aliphatic rings. The van der Waals surface area contributed by atoms with Gasteiger partial charge in [0.2, 0.25) is 0 Å². The molecule has 1 aromatic rings. The molecule has 1 aromatic carbocycles. The van der Waals surface area contributed by atoms with Crippen molar-refractivity contribution in [2.24, 2.45) is 5.73 Å². The number of benzene rings is 1. The van der Waals surface area contributed by atoms with Gasteiger partial charge < -0.3 is 15.5 Å². The molecule has 114 valence electrons. The molecule has 4 heteroatoms. The van der Waals surface area contributed by atoms with Gasteiger partial charge >= 0.3 is 0 Å². The van der Waals surface area contributed by atoms with Crippen LogP contribution in [0.15, 0.2) is 24.3 Å². The van der Waals surface area contributed by atoms with Crippen LogP contribution in [0.25, 0.3) is 0 Å². The lowest BCUT2D eigenvalue weighted by atomic mass is 10.0. The first kappa shape index (κ1) is 17.4. The maximum absolute atomic E-state index is 6.27. The van der Waals surface area contributed by atoms with E-state index in [9.17, 15) is 0 Å². The van der Waals surface area contributed by atoms with Gasteiger partial charge in [0.05, 0.1) is 0 Å². The topological polar surface area (TPSA) is 32.5 Å². The second kappa shape index (κ2) is 9.35. The minimum absolute atomic E-state index is 0.0161. The molecular formula is C16H28ClN3. The number of rotatable bonds is 9. The largest absolute Gasteiger partial charge is 0.324 e. The van der Waals surface area contributed by atoms with Crippen LogP contribution < -0.4 is 5.73 Å². The fourth-order valence-corrected chi connectivity index (χ4v) is 2.52. The van der Waals surface area contributed by atoms with Crippen LogP contribution in [-0.2, 0) is 0 Å². The molecule has 2 N–H and O–H groups in total. The van der Waals surface area contributed by atoms with Crippen LogP contribution in [0, 0.1) is 0 Å². The molecule has 1 unspecified atom stereocenters. The Kier molecular flexibility index (Phi) is 8.15. The Balaban J connectivity index is 2.47. The molecule has 0 aliphatic carbocycles. The van der Waals surface area contributed by atoms with Gasteiger partial charge in [-0.15, -0.1) is 0 Å². The highest BCUT2D eigenvalue weighted by Crippen LogP contribution is 2.23. The molecule has 0 amide bonds. The SMILES string of the molecule is CCCN(CCC(N)c1ccccc1Cl)CCN(C)C. The van der Waals surface area contributed by atoms with Gasteiger partial charge in [0.15, 0.2) is 0 Å². The van der Waals surface area contributed by atoms with Gasteiger partial charge in [-0.2, -0.15) is 0 Å². The van der Waals surface area contributed by atoms with Gasteiger partial charge in [-0.05, 0) is 51.7 Å². The van der Waals surface area contributed by atoms with Crippen molar-refractivity contribution in [3.8, 4) is 0 Å². The predicted octanol–water partition coefficient (Wildman–Crippen LogP) is 3.00. The zero-order valence-electron chi connectivity index (χ0n) is 13.0. The van der Waals surface area contributed by atoms with E-state index in [1.807, 2.05) is 24.3 Å². The van der Waals surface area contributed by atoms with E-state index >= 15 is 0 Å². The Hall–Kier alpha value is -0.610. The molecule has 0 radical (unpaired) electrons. The molecule has 0 saturated carbocycles. The van der Waals surface area contributed by atoms with E-state index < -0.39 is 0 Å². The fraction of sp³-hybridized carbons (Fsp3) is 0.625. The molecule has 0 heterocycles. The molecule has 3 nitrogen and oxygen atoms in total. The molecule has 0 bridgehead atoms. The molecule has 0 aliphatic heterocycles. The zero-order valence-corrected chi connectivity index (χ0v) is 13.7. The number of hydrogen-bond acceptors (Lipinski definition) is 3. The van der Waals surface area contributed by atoms with Crippen LogP contribution in [0.1, 0.15) is 31.4 Å². The highest BCUT2D eigenvalue weighted by molar-refractivity contribution is 6.31. The van der Waals surface area contributed by atoms with Crippen molar-refractivity contribution < 1.29 is 0 Å². The van der Waals surface area contributed by atoms with Gasteiger partial charge in [0.1, 0.15) is 0 Å². The Morgan fingerprint density at radius 1 is 1.10 bits per heavy atom. The predicted molar refractivity (Wildman–Crippen MR) is 88.3 cm³/mol. The third kappa shape index (κ3) is 6.23. The van der Waals surface area contributed by atoms with Crippen LogP contribution in [0.4, 0.5) is 0 Å². The van der Waals surface area contributed by atoms with Gasteiger partial charge in [-0.1, -0.05) is 36.7 Å². The second-order valence-corrected chi connectivity index (χ2v) is 5.97. The summed E-state index contributed by atoms with van der Waals surface area (Å²) in [6, 6.07) is 7.89. The summed E-state index contributed by atoms with van der Waals surface area (Å²) in [4.78, 5) is 4.70. The van der Waals surface area contributed by atoms with Crippen LogP contribution >= 0.6 is 11.6 Å². The molecule has 20 heavy (non-hydrogen) atoms. The number of halogens is 1. The Morgan fingerprint density at radius 3 is 2.40 bits per heavy atom. The van der Waals surface area contributed by atoms with Crippen LogP contribution in [-0.4, -0.2) is 50.1 Å². The van der Waals surface area contributed by atoms with Gasteiger partial charge in [0, 0.05) is 24.2 Å². The van der Waals surface area contributed by atoms with Gasteiger partial charge in [-0.25, -0.2) is 0 Å². The Bertz CT molecular complexity index is 382. The van der Waals surface area contributed by atoms with Crippen LogP contribution in [0.3, 0.4) is 0 Å². The lowest BCUT2D eigenvalue weighted by Gasteiger charge is -2.25. The molecular weight excluding hydrogens is 270 g/mol. The first-order valence-electron chi connectivity index (χ1n) is 7.41. The van der Waals surface area contributed by atoms with Gasteiger partial charge in [-0.3, -0.25) is 0 Å². The highest BCUT2D eigenvalue weighted by atomic mass is 35.5. The monoisotopic (exact) mass is 297 g/mol. The number of nitrogens with zero attached hydrogens (tertiary/aromatic N) is 2. The summed E-state index contributed by atoms with van der Waals surface area (Å²) in [7, 11) is 4.22. The first-order valence-corrected chi connectivity index (χ1v) is 7.79. The minimum atomic E-state index is 0.0161. The van der Waals surface area contributed by atoms with Crippen molar-refractivity contribution in [3.63, 3.8) is 0 Å². The highest BCUT2D eigenvalue weighted by Gasteiger charge is 2.12. The lowest BCUT2D eigenvalue weighted by Crippen LogP contribution is -2.34. The van der Waals surface area contributed by atoms with Crippen LogP contribution in [0.5, 0.6) is 0 Å². The Morgan fingerprint density at radius 2 is 1.80 bits per heavy atom. The number of hydrogen-bond donors (Lipinski definition) is 1. The summed E-state index contributed by atoms with van der Waals surface area (Å²) in [5.41, 5.74) is 7.33. The Labute approximate surface area is 128 Å². The van der Waals surface area contributed by atoms with E-state index in [0.29, 0.717) is 0 Å². The summed E-state index contributed by atoms with van der Waals surface area (Å²) in [6.07, 6.45) is 2.12. The van der Waals surface area contributed by atoms with E-state index in [1.54, 1.807) is 0 Å². The van der Waals surface area contributed by atoms with E-state index in [-0.39, 0.29) is 6.04 Å². The average molecular weight is 298 g/mol. The summed E-state index contributed by atoms with van der Waals surface area (Å²) in [5, 5.41) is 0.773. The minimum Gasteiger partial charge on any atom is -0.324 e.